The molecule has 2 aliphatic heterocycles. The lowest BCUT2D eigenvalue weighted by atomic mass is 9.75. The molecule has 3 atom stereocenters. The average molecular weight is 348 g/mol. The van der Waals surface area contributed by atoms with E-state index in [1.54, 1.807) is 0 Å². The summed E-state index contributed by atoms with van der Waals surface area (Å²) >= 11 is 0. The van der Waals surface area contributed by atoms with Crippen LogP contribution in [-0.2, 0) is 4.84 Å². The summed E-state index contributed by atoms with van der Waals surface area (Å²) < 4.78 is 0. The van der Waals surface area contributed by atoms with E-state index in [1.807, 2.05) is 0 Å². The Morgan fingerprint density at radius 3 is 2.23 bits per heavy atom. The Morgan fingerprint density at radius 1 is 0.808 bits per heavy atom. The number of para-hydroxylation sites is 1. The van der Waals surface area contributed by atoms with Crippen LogP contribution in [0.4, 0.5) is 5.69 Å². The summed E-state index contributed by atoms with van der Waals surface area (Å²) in [4.78, 5) is 9.61. The number of likely N-dealkylation sites (tertiary alicyclic amines) is 1. The maximum Gasteiger partial charge on any atom is 0.154 e. The molecule has 0 spiro atoms. The van der Waals surface area contributed by atoms with Gasteiger partial charge in [0, 0.05) is 19.0 Å². The Bertz CT molecular complexity index is 728. The molecule has 26 heavy (non-hydrogen) atoms. The first kappa shape index (κ1) is 16.3. The standard InChI is InChI=1S/C23H28N2O/c1-3-11-19(12-4-1)22-21-15-7-8-16-23(21,24-17-9-10-18-24)26-25(22)20-13-5-2-6-14-20/h1-6,11-14,21-22H,7-10,15-18H2/t21-,22-,23+/m1/s1. The normalized spacial score (nSPS) is 31.9. The van der Waals surface area contributed by atoms with Crippen LogP contribution >= 0.6 is 0 Å². The van der Waals surface area contributed by atoms with Gasteiger partial charge < -0.3 is 0 Å². The van der Waals surface area contributed by atoms with E-state index in [2.05, 4.69) is 70.6 Å². The molecule has 0 bridgehead atoms. The fraction of sp³-hybridized carbons (Fsp3) is 0.478. The first-order chi connectivity index (χ1) is 12.9. The molecule has 3 nitrogen and oxygen atoms in total. The summed E-state index contributed by atoms with van der Waals surface area (Å²) in [5.74, 6) is 0.525. The van der Waals surface area contributed by atoms with Gasteiger partial charge in [0.1, 0.15) is 0 Å². The highest BCUT2D eigenvalue weighted by molar-refractivity contribution is 5.48. The van der Waals surface area contributed by atoms with Crippen molar-refractivity contribution in [2.75, 3.05) is 18.2 Å². The van der Waals surface area contributed by atoms with Gasteiger partial charge in [0.05, 0.1) is 11.7 Å². The minimum absolute atomic E-state index is 0.120. The van der Waals surface area contributed by atoms with Crippen molar-refractivity contribution >= 4 is 5.69 Å². The molecule has 0 aromatic heterocycles. The van der Waals surface area contributed by atoms with Gasteiger partial charge in [-0.1, -0.05) is 55.0 Å². The van der Waals surface area contributed by atoms with Crippen molar-refractivity contribution in [1.82, 2.24) is 4.90 Å². The Labute approximate surface area is 156 Å². The molecule has 5 rings (SSSR count). The smallest absolute Gasteiger partial charge is 0.154 e. The number of nitrogens with zero attached hydrogens (tertiary/aromatic N) is 2. The molecule has 2 aromatic carbocycles. The predicted octanol–water partition coefficient (Wildman–Crippen LogP) is 5.16. The van der Waals surface area contributed by atoms with Crippen molar-refractivity contribution < 1.29 is 4.84 Å². The Hall–Kier alpha value is -1.84. The number of benzene rings is 2. The molecule has 0 N–H and O–H groups in total. The Morgan fingerprint density at radius 2 is 1.50 bits per heavy atom. The highest BCUT2D eigenvalue weighted by Crippen LogP contribution is 2.55. The van der Waals surface area contributed by atoms with E-state index >= 15 is 0 Å². The molecule has 3 aliphatic rings. The van der Waals surface area contributed by atoms with E-state index < -0.39 is 0 Å². The highest BCUT2D eigenvalue weighted by Gasteiger charge is 2.59. The molecule has 2 heterocycles. The lowest BCUT2D eigenvalue weighted by molar-refractivity contribution is -0.161. The van der Waals surface area contributed by atoms with Crippen LogP contribution < -0.4 is 5.06 Å². The van der Waals surface area contributed by atoms with Gasteiger partial charge in [0.2, 0.25) is 0 Å². The average Bonchev–Trinajstić information content (AvgIpc) is 3.36. The van der Waals surface area contributed by atoms with Crippen molar-refractivity contribution in [3.63, 3.8) is 0 Å². The zero-order chi connectivity index (χ0) is 17.4. The molecule has 3 heteroatoms. The molecule has 0 unspecified atom stereocenters. The summed E-state index contributed by atoms with van der Waals surface area (Å²) in [7, 11) is 0. The number of fused-ring (bicyclic) bond motifs is 1. The van der Waals surface area contributed by atoms with Gasteiger partial charge in [-0.2, -0.15) is 0 Å². The number of hydrogen-bond donors (Lipinski definition) is 0. The van der Waals surface area contributed by atoms with Crippen LogP contribution in [0.15, 0.2) is 60.7 Å². The molecule has 2 aromatic rings. The topological polar surface area (TPSA) is 15.7 Å². The monoisotopic (exact) mass is 348 g/mol. The van der Waals surface area contributed by atoms with Gasteiger partial charge in [-0.05, 0) is 49.8 Å². The molecular formula is C23H28N2O. The number of anilines is 1. The maximum absolute atomic E-state index is 6.95. The molecule has 1 saturated carbocycles. The van der Waals surface area contributed by atoms with Crippen LogP contribution in [0, 0.1) is 5.92 Å². The summed E-state index contributed by atoms with van der Waals surface area (Å²) in [5.41, 5.74) is 2.43. The van der Waals surface area contributed by atoms with Crippen LogP contribution in [0.3, 0.4) is 0 Å². The lowest BCUT2D eigenvalue weighted by Crippen LogP contribution is -2.53. The van der Waals surface area contributed by atoms with Gasteiger partial charge in [0.25, 0.3) is 0 Å². The zero-order valence-electron chi connectivity index (χ0n) is 15.4. The molecule has 0 radical (unpaired) electrons. The van der Waals surface area contributed by atoms with Crippen LogP contribution in [0.25, 0.3) is 0 Å². The fourth-order valence-corrected chi connectivity index (χ4v) is 5.41. The summed E-state index contributed by atoms with van der Waals surface area (Å²) in [5, 5.41) is 2.24. The van der Waals surface area contributed by atoms with Gasteiger partial charge >= 0.3 is 0 Å². The second-order valence-electron chi connectivity index (χ2n) is 8.00. The van der Waals surface area contributed by atoms with Crippen LogP contribution in [0.1, 0.15) is 50.1 Å². The summed E-state index contributed by atoms with van der Waals surface area (Å²) in [6.45, 7) is 2.36. The van der Waals surface area contributed by atoms with Gasteiger partial charge in [0.15, 0.2) is 5.72 Å². The zero-order valence-corrected chi connectivity index (χ0v) is 15.4. The molecule has 136 valence electrons. The van der Waals surface area contributed by atoms with Crippen molar-refractivity contribution in [1.29, 1.82) is 0 Å². The van der Waals surface area contributed by atoms with E-state index in [-0.39, 0.29) is 5.72 Å². The fourth-order valence-electron chi connectivity index (χ4n) is 5.41. The quantitative estimate of drug-likeness (QED) is 0.762. The molecule has 3 fully saturated rings. The van der Waals surface area contributed by atoms with E-state index in [1.165, 1.54) is 56.4 Å². The van der Waals surface area contributed by atoms with Crippen LogP contribution in [-0.4, -0.2) is 23.7 Å². The minimum Gasteiger partial charge on any atom is -0.273 e. The SMILES string of the molecule is c1ccc([C@@H]2[C@H]3CCCC[C@]3(N3CCCC3)ON2c2ccccc2)cc1. The van der Waals surface area contributed by atoms with Crippen molar-refractivity contribution in [2.45, 2.75) is 50.3 Å². The minimum atomic E-state index is -0.120. The van der Waals surface area contributed by atoms with Crippen molar-refractivity contribution in [2.24, 2.45) is 5.92 Å². The molecule has 2 saturated heterocycles. The second-order valence-corrected chi connectivity index (χ2v) is 8.00. The third kappa shape index (κ3) is 2.57. The summed E-state index contributed by atoms with van der Waals surface area (Å²) in [6, 6.07) is 22.0. The Balaban J connectivity index is 1.61. The number of hydroxylamine groups is 1. The lowest BCUT2D eigenvalue weighted by Gasteiger charge is -2.44. The largest absolute Gasteiger partial charge is 0.273 e. The molecular weight excluding hydrogens is 320 g/mol. The third-order valence-electron chi connectivity index (χ3n) is 6.56. The van der Waals surface area contributed by atoms with E-state index in [4.69, 9.17) is 4.84 Å². The van der Waals surface area contributed by atoms with Gasteiger partial charge in [-0.25, -0.2) is 9.90 Å². The maximum atomic E-state index is 6.95. The summed E-state index contributed by atoms with van der Waals surface area (Å²) in [6.07, 6.45) is 7.61. The van der Waals surface area contributed by atoms with Crippen molar-refractivity contribution in [3.05, 3.63) is 66.2 Å². The number of hydrogen-bond acceptors (Lipinski definition) is 3. The van der Waals surface area contributed by atoms with Crippen molar-refractivity contribution in [3.8, 4) is 0 Å². The predicted molar refractivity (Wildman–Crippen MR) is 105 cm³/mol. The first-order valence-corrected chi connectivity index (χ1v) is 10.2. The van der Waals surface area contributed by atoms with E-state index in [0.29, 0.717) is 12.0 Å². The Kier molecular flexibility index (Phi) is 4.22. The van der Waals surface area contributed by atoms with E-state index in [0.717, 1.165) is 6.42 Å². The second kappa shape index (κ2) is 6.71. The number of rotatable bonds is 3. The third-order valence-corrected chi connectivity index (χ3v) is 6.56. The van der Waals surface area contributed by atoms with Crippen LogP contribution in [0.2, 0.25) is 0 Å². The van der Waals surface area contributed by atoms with Gasteiger partial charge in [-0.15, -0.1) is 0 Å². The first-order valence-electron chi connectivity index (χ1n) is 10.2. The van der Waals surface area contributed by atoms with Crippen LogP contribution in [0.5, 0.6) is 0 Å². The van der Waals surface area contributed by atoms with Gasteiger partial charge in [-0.3, -0.25) is 4.90 Å². The molecule has 0 amide bonds. The molecule has 1 aliphatic carbocycles. The highest BCUT2D eigenvalue weighted by atomic mass is 16.7. The van der Waals surface area contributed by atoms with E-state index in [9.17, 15) is 0 Å².